The molecule has 1 nitrogen and oxygen atoms in total. The first-order valence-electron chi connectivity index (χ1n) is 16.2. The van der Waals surface area contributed by atoms with Gasteiger partial charge in [0.15, 0.2) is 11.6 Å². The molecule has 0 aliphatic heterocycles. The summed E-state index contributed by atoms with van der Waals surface area (Å²) < 4.78 is 35.3. The lowest BCUT2D eigenvalue weighted by Gasteiger charge is -2.39. The van der Waals surface area contributed by atoms with Crippen LogP contribution in [-0.4, -0.2) is 6.61 Å². The summed E-state index contributed by atoms with van der Waals surface area (Å²) >= 11 is 0. The van der Waals surface area contributed by atoms with Crippen LogP contribution in [0.25, 0.3) is 0 Å². The standard InChI is InChI=1S/C34H56F2O/c1-4-6-8-10-12-14-27-15-17-28(18-16-27)26(3)29-19-21-30(22-20-29)31-23-24-32(34(36)33(31)35)37-25-13-11-9-7-5-2/h23-24,26-30H,4-22,25H2,1-3H3. The van der Waals surface area contributed by atoms with E-state index in [1.807, 2.05) is 0 Å². The van der Waals surface area contributed by atoms with Crippen molar-refractivity contribution in [1.29, 1.82) is 0 Å². The van der Waals surface area contributed by atoms with E-state index >= 15 is 4.39 Å². The van der Waals surface area contributed by atoms with Crippen LogP contribution in [-0.2, 0) is 0 Å². The van der Waals surface area contributed by atoms with Gasteiger partial charge in [0.1, 0.15) is 0 Å². The van der Waals surface area contributed by atoms with Gasteiger partial charge in [-0.3, -0.25) is 0 Å². The molecule has 1 aromatic carbocycles. The summed E-state index contributed by atoms with van der Waals surface area (Å²) in [4.78, 5) is 0. The average molecular weight is 519 g/mol. The molecule has 1 atom stereocenters. The van der Waals surface area contributed by atoms with E-state index in [2.05, 4.69) is 20.8 Å². The molecule has 2 aliphatic rings. The Morgan fingerprint density at radius 1 is 0.703 bits per heavy atom. The lowest BCUT2D eigenvalue weighted by atomic mass is 9.66. The number of benzene rings is 1. The summed E-state index contributed by atoms with van der Waals surface area (Å²) in [5.41, 5.74) is 0.568. The highest BCUT2D eigenvalue weighted by Gasteiger charge is 2.33. The number of unbranched alkanes of at least 4 members (excludes halogenated alkanes) is 8. The maximum absolute atomic E-state index is 15.0. The van der Waals surface area contributed by atoms with Gasteiger partial charge < -0.3 is 4.74 Å². The van der Waals surface area contributed by atoms with Gasteiger partial charge in [-0.1, -0.05) is 104 Å². The molecule has 1 unspecified atom stereocenters. The van der Waals surface area contributed by atoms with E-state index in [1.54, 1.807) is 12.1 Å². The van der Waals surface area contributed by atoms with Crippen molar-refractivity contribution in [1.82, 2.24) is 0 Å². The molecule has 3 heteroatoms. The molecule has 0 radical (unpaired) electrons. The monoisotopic (exact) mass is 518 g/mol. The maximum Gasteiger partial charge on any atom is 0.200 e. The third-order valence-electron chi connectivity index (χ3n) is 9.89. The highest BCUT2D eigenvalue weighted by Crippen LogP contribution is 2.45. The topological polar surface area (TPSA) is 9.23 Å². The molecule has 0 heterocycles. The first-order chi connectivity index (χ1) is 18.0. The fraction of sp³-hybridized carbons (Fsp3) is 0.824. The van der Waals surface area contributed by atoms with Gasteiger partial charge in [0.05, 0.1) is 6.61 Å². The third-order valence-corrected chi connectivity index (χ3v) is 9.89. The van der Waals surface area contributed by atoms with Gasteiger partial charge in [-0.15, -0.1) is 0 Å². The van der Waals surface area contributed by atoms with Crippen LogP contribution in [0.2, 0.25) is 0 Å². The van der Waals surface area contributed by atoms with Gasteiger partial charge in [0, 0.05) is 0 Å². The molecule has 2 fully saturated rings. The Morgan fingerprint density at radius 2 is 1.27 bits per heavy atom. The number of halogens is 2. The molecular weight excluding hydrogens is 462 g/mol. The van der Waals surface area contributed by atoms with Crippen LogP contribution >= 0.6 is 0 Å². The van der Waals surface area contributed by atoms with Crippen molar-refractivity contribution >= 4 is 0 Å². The van der Waals surface area contributed by atoms with E-state index in [0.717, 1.165) is 62.2 Å². The van der Waals surface area contributed by atoms with Gasteiger partial charge in [0.25, 0.3) is 0 Å². The van der Waals surface area contributed by atoms with Crippen molar-refractivity contribution in [2.45, 2.75) is 149 Å². The minimum absolute atomic E-state index is 0.0793. The Hall–Kier alpha value is -1.12. The lowest BCUT2D eigenvalue weighted by molar-refractivity contribution is 0.131. The molecular formula is C34H56F2O. The van der Waals surface area contributed by atoms with Gasteiger partial charge in [-0.2, -0.15) is 4.39 Å². The molecule has 0 amide bonds. The molecule has 0 bridgehead atoms. The molecule has 3 rings (SSSR count). The summed E-state index contributed by atoms with van der Waals surface area (Å²) in [6, 6.07) is 3.46. The molecule has 37 heavy (non-hydrogen) atoms. The number of hydrogen-bond donors (Lipinski definition) is 0. The Bertz CT molecular complexity index is 746. The SMILES string of the molecule is CCCCCCCOc1ccc(C2CCC(C(C)C3CCC(CCCCCCC)CC3)CC2)c(F)c1F. The molecule has 0 saturated heterocycles. The highest BCUT2D eigenvalue weighted by molar-refractivity contribution is 5.33. The first-order valence-corrected chi connectivity index (χ1v) is 16.2. The Labute approximate surface area is 227 Å². The van der Waals surface area contributed by atoms with Crippen molar-refractivity contribution in [3.8, 4) is 5.75 Å². The molecule has 0 spiro atoms. The normalized spacial score (nSPS) is 25.2. The smallest absolute Gasteiger partial charge is 0.200 e. The predicted octanol–water partition coefficient (Wildman–Crippen LogP) is 11.4. The zero-order chi connectivity index (χ0) is 26.5. The van der Waals surface area contributed by atoms with Crippen molar-refractivity contribution < 1.29 is 13.5 Å². The Balaban J connectivity index is 1.39. The van der Waals surface area contributed by atoms with Crippen LogP contribution in [0.15, 0.2) is 12.1 Å². The quantitative estimate of drug-likeness (QED) is 0.198. The second kappa shape index (κ2) is 16.8. The largest absolute Gasteiger partial charge is 0.490 e. The van der Waals surface area contributed by atoms with Crippen molar-refractivity contribution in [3.05, 3.63) is 29.3 Å². The molecule has 212 valence electrons. The average Bonchev–Trinajstić information content (AvgIpc) is 2.93. The summed E-state index contributed by atoms with van der Waals surface area (Å²) in [7, 11) is 0. The van der Waals surface area contributed by atoms with E-state index in [1.165, 1.54) is 83.5 Å². The first kappa shape index (κ1) is 30.4. The number of rotatable bonds is 16. The maximum atomic E-state index is 15.0. The summed E-state index contributed by atoms with van der Waals surface area (Å²) in [5.74, 6) is 2.10. The fourth-order valence-electron chi connectivity index (χ4n) is 7.24. The van der Waals surface area contributed by atoms with Crippen LogP contribution in [0, 0.1) is 35.3 Å². The fourth-order valence-corrected chi connectivity index (χ4v) is 7.24. The van der Waals surface area contributed by atoms with Crippen LogP contribution in [0.5, 0.6) is 5.75 Å². The van der Waals surface area contributed by atoms with Gasteiger partial charge in [-0.25, -0.2) is 4.39 Å². The van der Waals surface area contributed by atoms with Crippen LogP contribution in [0.3, 0.4) is 0 Å². The van der Waals surface area contributed by atoms with Gasteiger partial charge in [0.2, 0.25) is 5.82 Å². The van der Waals surface area contributed by atoms with E-state index in [-0.39, 0.29) is 11.7 Å². The van der Waals surface area contributed by atoms with E-state index < -0.39 is 11.6 Å². The minimum Gasteiger partial charge on any atom is -0.490 e. The van der Waals surface area contributed by atoms with Crippen LogP contribution in [0.4, 0.5) is 8.78 Å². The number of hydrogen-bond acceptors (Lipinski definition) is 1. The summed E-state index contributed by atoms with van der Waals surface area (Å²) in [5, 5.41) is 0. The second-order valence-electron chi connectivity index (χ2n) is 12.5. The summed E-state index contributed by atoms with van der Waals surface area (Å²) in [6.45, 7) is 7.42. The second-order valence-corrected chi connectivity index (χ2v) is 12.5. The molecule has 0 aromatic heterocycles. The highest BCUT2D eigenvalue weighted by atomic mass is 19.2. The van der Waals surface area contributed by atoms with E-state index in [0.29, 0.717) is 12.2 Å². The molecule has 1 aromatic rings. The van der Waals surface area contributed by atoms with Crippen molar-refractivity contribution in [2.75, 3.05) is 6.61 Å². The zero-order valence-corrected chi connectivity index (χ0v) is 24.3. The Morgan fingerprint density at radius 3 is 1.89 bits per heavy atom. The van der Waals surface area contributed by atoms with E-state index in [9.17, 15) is 4.39 Å². The van der Waals surface area contributed by atoms with Crippen LogP contribution < -0.4 is 4.74 Å². The molecule has 2 aliphatic carbocycles. The summed E-state index contributed by atoms with van der Waals surface area (Å²) in [6.07, 6.45) is 23.9. The molecule has 0 N–H and O–H groups in total. The van der Waals surface area contributed by atoms with Gasteiger partial charge in [-0.05, 0) is 86.2 Å². The van der Waals surface area contributed by atoms with E-state index in [4.69, 9.17) is 4.74 Å². The zero-order valence-electron chi connectivity index (χ0n) is 24.3. The van der Waals surface area contributed by atoms with Crippen molar-refractivity contribution in [3.63, 3.8) is 0 Å². The van der Waals surface area contributed by atoms with Crippen LogP contribution in [0.1, 0.15) is 154 Å². The number of ether oxygens (including phenoxy) is 1. The predicted molar refractivity (Wildman–Crippen MR) is 153 cm³/mol. The molecule has 2 saturated carbocycles. The Kier molecular flexibility index (Phi) is 13.8. The third kappa shape index (κ3) is 9.54. The lowest BCUT2D eigenvalue weighted by Crippen LogP contribution is -2.28. The minimum atomic E-state index is -0.788. The van der Waals surface area contributed by atoms with Crippen molar-refractivity contribution in [2.24, 2.45) is 23.7 Å². The van der Waals surface area contributed by atoms with Gasteiger partial charge >= 0.3 is 0 Å².